The van der Waals surface area contributed by atoms with Gasteiger partial charge in [0.05, 0.1) is 0 Å². The molecular weight excluding hydrogens is 306 g/mol. The molecule has 120 valence electrons. The second kappa shape index (κ2) is 6.56. The lowest BCUT2D eigenvalue weighted by Gasteiger charge is -2.14. The fourth-order valence-corrected chi connectivity index (χ4v) is 4.24. The summed E-state index contributed by atoms with van der Waals surface area (Å²) in [4.78, 5) is 16.4. The minimum absolute atomic E-state index is 0.0398. The van der Waals surface area contributed by atoms with Gasteiger partial charge in [0.25, 0.3) is 0 Å². The SMILES string of the molecule is C=Cc1cc(-c2c(NC(C)=O)sc3c2CCNC3)[nH]c1/C=C\C. The van der Waals surface area contributed by atoms with E-state index in [0.717, 1.165) is 47.0 Å². The molecule has 3 heterocycles. The van der Waals surface area contributed by atoms with Crippen LogP contribution in [-0.2, 0) is 17.8 Å². The van der Waals surface area contributed by atoms with E-state index in [1.807, 2.05) is 25.2 Å². The number of fused-ring (bicyclic) bond motifs is 1. The summed E-state index contributed by atoms with van der Waals surface area (Å²) in [7, 11) is 0. The van der Waals surface area contributed by atoms with Crippen LogP contribution in [0.1, 0.15) is 35.5 Å². The van der Waals surface area contributed by atoms with E-state index in [2.05, 4.69) is 28.3 Å². The van der Waals surface area contributed by atoms with Crippen LogP contribution in [0.3, 0.4) is 0 Å². The Hall–Kier alpha value is -2.11. The Morgan fingerprint density at radius 2 is 2.30 bits per heavy atom. The fourth-order valence-electron chi connectivity index (χ4n) is 2.96. The number of allylic oxidation sites excluding steroid dienone is 1. The summed E-state index contributed by atoms with van der Waals surface area (Å²) < 4.78 is 0. The van der Waals surface area contributed by atoms with Crippen LogP contribution >= 0.6 is 11.3 Å². The molecule has 0 radical (unpaired) electrons. The molecule has 0 aromatic carbocycles. The number of hydrogen-bond donors (Lipinski definition) is 3. The van der Waals surface area contributed by atoms with Crippen molar-refractivity contribution in [1.82, 2.24) is 10.3 Å². The van der Waals surface area contributed by atoms with Gasteiger partial charge in [-0.1, -0.05) is 18.7 Å². The normalized spacial score (nSPS) is 14.0. The van der Waals surface area contributed by atoms with Gasteiger partial charge in [-0.2, -0.15) is 0 Å². The molecule has 3 N–H and O–H groups in total. The van der Waals surface area contributed by atoms with E-state index >= 15 is 0 Å². The maximum absolute atomic E-state index is 11.6. The molecule has 4 nitrogen and oxygen atoms in total. The Balaban J connectivity index is 2.16. The first-order valence-electron chi connectivity index (χ1n) is 7.75. The molecule has 0 spiro atoms. The molecule has 0 fully saturated rings. The topological polar surface area (TPSA) is 56.9 Å². The largest absolute Gasteiger partial charge is 0.354 e. The number of carbonyl (C=O) groups excluding carboxylic acids is 1. The summed E-state index contributed by atoms with van der Waals surface area (Å²) in [6.45, 7) is 9.27. The Morgan fingerprint density at radius 3 is 3.00 bits per heavy atom. The highest BCUT2D eigenvalue weighted by Crippen LogP contribution is 2.42. The quantitative estimate of drug-likeness (QED) is 0.794. The highest BCUT2D eigenvalue weighted by molar-refractivity contribution is 7.17. The number of amides is 1. The lowest BCUT2D eigenvalue weighted by molar-refractivity contribution is -0.114. The minimum Gasteiger partial charge on any atom is -0.354 e. The average Bonchev–Trinajstić information content (AvgIpc) is 3.07. The van der Waals surface area contributed by atoms with Gasteiger partial charge in [0.2, 0.25) is 5.91 Å². The molecule has 1 aliphatic heterocycles. The number of anilines is 1. The Kier molecular flexibility index (Phi) is 4.50. The molecule has 0 aliphatic carbocycles. The zero-order valence-electron chi connectivity index (χ0n) is 13.5. The molecule has 0 saturated heterocycles. The summed E-state index contributed by atoms with van der Waals surface area (Å²) in [5.74, 6) is -0.0398. The summed E-state index contributed by atoms with van der Waals surface area (Å²) in [5.41, 5.74) is 5.61. The average molecular weight is 327 g/mol. The minimum atomic E-state index is -0.0398. The van der Waals surface area contributed by atoms with Gasteiger partial charge in [-0.05, 0) is 43.2 Å². The number of thiophene rings is 1. The van der Waals surface area contributed by atoms with Crippen molar-refractivity contribution in [3.63, 3.8) is 0 Å². The van der Waals surface area contributed by atoms with E-state index in [-0.39, 0.29) is 5.91 Å². The second-order valence-electron chi connectivity index (χ2n) is 5.57. The zero-order chi connectivity index (χ0) is 16.4. The number of aromatic nitrogens is 1. The van der Waals surface area contributed by atoms with E-state index in [1.54, 1.807) is 18.3 Å². The van der Waals surface area contributed by atoms with Crippen LogP contribution in [0.25, 0.3) is 23.4 Å². The first-order chi connectivity index (χ1) is 11.1. The monoisotopic (exact) mass is 327 g/mol. The van der Waals surface area contributed by atoms with Gasteiger partial charge < -0.3 is 15.6 Å². The summed E-state index contributed by atoms with van der Waals surface area (Å²) >= 11 is 1.66. The van der Waals surface area contributed by atoms with Crippen LogP contribution in [0.2, 0.25) is 0 Å². The lowest BCUT2D eigenvalue weighted by atomic mass is 10.0. The number of hydrogen-bond acceptors (Lipinski definition) is 3. The predicted molar refractivity (Wildman–Crippen MR) is 98.6 cm³/mol. The molecule has 2 aromatic heterocycles. The lowest BCUT2D eigenvalue weighted by Crippen LogP contribution is -2.22. The van der Waals surface area contributed by atoms with Gasteiger partial charge in [-0.15, -0.1) is 11.3 Å². The fraction of sp³-hybridized carbons (Fsp3) is 0.278. The van der Waals surface area contributed by atoms with Crippen LogP contribution < -0.4 is 10.6 Å². The molecule has 0 bridgehead atoms. The zero-order valence-corrected chi connectivity index (χ0v) is 14.3. The van der Waals surface area contributed by atoms with Crippen molar-refractivity contribution in [2.75, 3.05) is 11.9 Å². The van der Waals surface area contributed by atoms with Gasteiger partial charge in [0, 0.05) is 35.3 Å². The molecule has 0 atom stereocenters. The maximum atomic E-state index is 11.6. The van der Waals surface area contributed by atoms with Crippen molar-refractivity contribution in [2.45, 2.75) is 26.8 Å². The summed E-state index contributed by atoms with van der Waals surface area (Å²) in [6.07, 6.45) is 6.87. The highest BCUT2D eigenvalue weighted by Gasteiger charge is 2.23. The number of aromatic amines is 1. The second-order valence-corrected chi connectivity index (χ2v) is 6.68. The highest BCUT2D eigenvalue weighted by atomic mass is 32.1. The van der Waals surface area contributed by atoms with Crippen molar-refractivity contribution < 1.29 is 4.79 Å². The van der Waals surface area contributed by atoms with Crippen LogP contribution in [0.5, 0.6) is 0 Å². The smallest absolute Gasteiger partial charge is 0.221 e. The van der Waals surface area contributed by atoms with Crippen molar-refractivity contribution in [3.05, 3.63) is 40.4 Å². The first-order valence-corrected chi connectivity index (χ1v) is 8.57. The molecule has 5 heteroatoms. The van der Waals surface area contributed by atoms with E-state index in [9.17, 15) is 4.79 Å². The molecule has 1 aliphatic rings. The first kappa shape index (κ1) is 15.8. The Morgan fingerprint density at radius 1 is 1.48 bits per heavy atom. The van der Waals surface area contributed by atoms with Gasteiger partial charge in [0.1, 0.15) is 5.00 Å². The molecule has 3 rings (SSSR count). The Bertz CT molecular complexity index is 783. The van der Waals surface area contributed by atoms with Crippen molar-refractivity contribution in [2.24, 2.45) is 0 Å². The standard InChI is InChI=1S/C18H21N3OS/c1-4-6-14-12(5-2)9-15(21-14)17-13-7-8-19-10-16(13)23-18(17)20-11(3)22/h4-6,9,19,21H,2,7-8,10H2,1,3H3,(H,20,22)/b6-4-. The van der Waals surface area contributed by atoms with E-state index < -0.39 is 0 Å². The third kappa shape index (κ3) is 3.02. The molecule has 1 amide bonds. The van der Waals surface area contributed by atoms with Crippen molar-refractivity contribution >= 4 is 34.4 Å². The van der Waals surface area contributed by atoms with Crippen molar-refractivity contribution in [3.8, 4) is 11.3 Å². The molecule has 0 unspecified atom stereocenters. The van der Waals surface area contributed by atoms with Crippen LogP contribution in [0, 0.1) is 0 Å². The summed E-state index contributed by atoms with van der Waals surface area (Å²) in [5, 5.41) is 7.32. The number of nitrogens with one attached hydrogen (secondary N) is 3. The number of H-pyrrole nitrogens is 1. The number of rotatable bonds is 4. The van der Waals surface area contributed by atoms with Gasteiger partial charge >= 0.3 is 0 Å². The summed E-state index contributed by atoms with van der Waals surface area (Å²) in [6, 6.07) is 2.11. The van der Waals surface area contributed by atoms with Crippen LogP contribution in [0.15, 0.2) is 18.7 Å². The molecule has 0 saturated carbocycles. The van der Waals surface area contributed by atoms with Gasteiger partial charge in [0.15, 0.2) is 0 Å². The molecule has 23 heavy (non-hydrogen) atoms. The van der Waals surface area contributed by atoms with Gasteiger partial charge in [-0.3, -0.25) is 4.79 Å². The van der Waals surface area contributed by atoms with E-state index in [1.165, 1.54) is 10.4 Å². The van der Waals surface area contributed by atoms with Crippen LogP contribution in [0.4, 0.5) is 5.00 Å². The van der Waals surface area contributed by atoms with E-state index in [0.29, 0.717) is 0 Å². The Labute approximate surface area is 140 Å². The van der Waals surface area contributed by atoms with Gasteiger partial charge in [-0.25, -0.2) is 0 Å². The van der Waals surface area contributed by atoms with Crippen LogP contribution in [-0.4, -0.2) is 17.4 Å². The molecule has 2 aromatic rings. The van der Waals surface area contributed by atoms with Crippen molar-refractivity contribution in [1.29, 1.82) is 0 Å². The third-order valence-electron chi connectivity index (χ3n) is 3.92. The van der Waals surface area contributed by atoms with E-state index in [4.69, 9.17) is 0 Å². The number of carbonyl (C=O) groups is 1. The predicted octanol–water partition coefficient (Wildman–Crippen LogP) is 4.02. The molecular formula is C18H21N3OS. The third-order valence-corrected chi connectivity index (χ3v) is 5.07. The maximum Gasteiger partial charge on any atom is 0.221 e.